The SMILES string of the molecule is O=[N+]([O-])c1ccc2c(NCCCCCCCCCCCCNc3ncnc4cc([N+](=O)[O-])ccc34)ncnc2c1. The van der Waals surface area contributed by atoms with Crippen molar-refractivity contribution in [3.8, 4) is 0 Å². The number of benzene rings is 2. The van der Waals surface area contributed by atoms with E-state index < -0.39 is 9.85 Å². The van der Waals surface area contributed by atoms with E-state index in [9.17, 15) is 20.2 Å². The van der Waals surface area contributed by atoms with E-state index in [4.69, 9.17) is 0 Å². The quantitative estimate of drug-likeness (QED) is 0.0816. The van der Waals surface area contributed by atoms with Gasteiger partial charge in [-0.3, -0.25) is 20.2 Å². The van der Waals surface area contributed by atoms with Gasteiger partial charge in [-0.1, -0.05) is 51.4 Å². The Morgan fingerprint density at radius 2 is 0.925 bits per heavy atom. The summed E-state index contributed by atoms with van der Waals surface area (Å²) in [5.41, 5.74) is 1.19. The van der Waals surface area contributed by atoms with Crippen LogP contribution < -0.4 is 10.6 Å². The Kier molecular flexibility index (Phi) is 10.4. The topological polar surface area (TPSA) is 162 Å². The van der Waals surface area contributed by atoms with Crippen molar-refractivity contribution in [1.82, 2.24) is 19.9 Å². The second-order valence-corrected chi connectivity index (χ2v) is 9.75. The van der Waals surface area contributed by atoms with Crippen LogP contribution in [0.3, 0.4) is 0 Å². The van der Waals surface area contributed by atoms with Gasteiger partial charge in [0.25, 0.3) is 11.4 Å². The molecule has 0 fully saturated rings. The molecular formula is C28H34N8O4. The first-order chi connectivity index (χ1) is 19.5. The number of fused-ring (bicyclic) bond motifs is 2. The van der Waals surface area contributed by atoms with Crippen LogP contribution in [0, 0.1) is 20.2 Å². The molecular weight excluding hydrogens is 512 g/mol. The van der Waals surface area contributed by atoms with E-state index in [0.717, 1.165) is 49.5 Å². The van der Waals surface area contributed by atoms with Crippen LogP contribution in [0.5, 0.6) is 0 Å². The normalized spacial score (nSPS) is 11.1. The van der Waals surface area contributed by atoms with Crippen molar-refractivity contribution in [3.63, 3.8) is 0 Å². The van der Waals surface area contributed by atoms with Crippen LogP contribution in [0.25, 0.3) is 21.8 Å². The molecule has 0 atom stereocenters. The molecule has 0 amide bonds. The van der Waals surface area contributed by atoms with Crippen LogP contribution in [0.15, 0.2) is 49.1 Å². The largest absolute Gasteiger partial charge is 0.369 e. The molecule has 0 aliphatic heterocycles. The molecule has 12 heteroatoms. The zero-order valence-corrected chi connectivity index (χ0v) is 22.4. The van der Waals surface area contributed by atoms with Crippen LogP contribution in [0.2, 0.25) is 0 Å². The molecule has 2 aromatic heterocycles. The lowest BCUT2D eigenvalue weighted by atomic mass is 10.1. The van der Waals surface area contributed by atoms with Gasteiger partial charge in [-0.25, -0.2) is 19.9 Å². The number of hydrogen-bond acceptors (Lipinski definition) is 10. The maximum atomic E-state index is 11.0. The molecule has 0 radical (unpaired) electrons. The molecule has 2 N–H and O–H groups in total. The maximum Gasteiger partial charge on any atom is 0.271 e. The number of anilines is 2. The number of aromatic nitrogens is 4. The number of non-ortho nitro benzene ring substituents is 2. The molecule has 0 saturated carbocycles. The molecule has 40 heavy (non-hydrogen) atoms. The molecule has 210 valence electrons. The monoisotopic (exact) mass is 546 g/mol. The minimum absolute atomic E-state index is 0.0274. The van der Waals surface area contributed by atoms with Crippen LogP contribution in [-0.4, -0.2) is 42.9 Å². The number of nitrogens with zero attached hydrogens (tertiary/aromatic N) is 6. The number of rotatable bonds is 17. The molecule has 0 unspecified atom stereocenters. The third-order valence-corrected chi connectivity index (χ3v) is 6.85. The molecule has 0 aliphatic carbocycles. The molecule has 0 bridgehead atoms. The minimum Gasteiger partial charge on any atom is -0.369 e. The lowest BCUT2D eigenvalue weighted by molar-refractivity contribution is -0.384. The minimum atomic E-state index is -0.419. The van der Waals surface area contributed by atoms with E-state index in [-0.39, 0.29) is 11.4 Å². The predicted octanol–water partition coefficient (Wildman–Crippen LogP) is 6.81. The second-order valence-electron chi connectivity index (χ2n) is 9.75. The van der Waals surface area contributed by atoms with Crippen LogP contribution in [0.4, 0.5) is 23.0 Å². The lowest BCUT2D eigenvalue weighted by Crippen LogP contribution is -2.04. The number of nitro benzene ring substituents is 2. The van der Waals surface area contributed by atoms with Crippen molar-refractivity contribution in [1.29, 1.82) is 0 Å². The van der Waals surface area contributed by atoms with Gasteiger partial charge in [0.15, 0.2) is 0 Å². The highest BCUT2D eigenvalue weighted by molar-refractivity contribution is 5.91. The fourth-order valence-electron chi connectivity index (χ4n) is 4.68. The van der Waals surface area contributed by atoms with E-state index in [2.05, 4.69) is 30.6 Å². The van der Waals surface area contributed by atoms with Crippen molar-refractivity contribution in [2.75, 3.05) is 23.7 Å². The van der Waals surface area contributed by atoms with E-state index in [1.807, 2.05) is 0 Å². The summed E-state index contributed by atoms with van der Waals surface area (Å²) in [5, 5.41) is 30.2. The Labute approximate surface area is 232 Å². The Bertz CT molecular complexity index is 1340. The summed E-state index contributed by atoms with van der Waals surface area (Å²) in [6.07, 6.45) is 14.6. The Morgan fingerprint density at radius 1 is 0.550 bits per heavy atom. The van der Waals surface area contributed by atoms with Gasteiger partial charge in [0.1, 0.15) is 24.3 Å². The summed E-state index contributed by atoms with van der Waals surface area (Å²) in [6, 6.07) is 9.30. The van der Waals surface area contributed by atoms with Crippen molar-refractivity contribution < 1.29 is 9.85 Å². The van der Waals surface area contributed by atoms with E-state index >= 15 is 0 Å². The highest BCUT2D eigenvalue weighted by Crippen LogP contribution is 2.25. The standard InChI is InChI=1S/C28H34N8O4/c37-35(38)21-11-13-23-25(17-21)31-19-33-27(23)29-15-9-7-5-3-1-2-4-6-8-10-16-30-28-24-14-12-22(36(39)40)18-26(24)32-20-34-28/h11-14,17-20H,1-10,15-16H2,(H,29,31,33)(H,30,32,34). The van der Waals surface area contributed by atoms with E-state index in [0.29, 0.717) is 22.7 Å². The van der Waals surface area contributed by atoms with E-state index in [1.54, 1.807) is 12.1 Å². The summed E-state index contributed by atoms with van der Waals surface area (Å²) in [7, 11) is 0. The first-order valence-corrected chi connectivity index (χ1v) is 13.8. The van der Waals surface area contributed by atoms with Gasteiger partial charge in [-0.15, -0.1) is 0 Å². The molecule has 0 saturated heterocycles. The van der Waals surface area contributed by atoms with Gasteiger partial charge in [-0.2, -0.15) is 0 Å². The van der Waals surface area contributed by atoms with Gasteiger partial charge >= 0.3 is 0 Å². The molecule has 2 heterocycles. The summed E-state index contributed by atoms with van der Waals surface area (Å²) < 4.78 is 0. The van der Waals surface area contributed by atoms with Gasteiger partial charge in [0.05, 0.1) is 20.9 Å². The van der Waals surface area contributed by atoms with Crippen LogP contribution in [-0.2, 0) is 0 Å². The zero-order valence-electron chi connectivity index (χ0n) is 22.4. The first-order valence-electron chi connectivity index (χ1n) is 13.8. The molecule has 12 nitrogen and oxygen atoms in total. The van der Waals surface area contributed by atoms with Gasteiger partial charge in [0, 0.05) is 48.1 Å². The van der Waals surface area contributed by atoms with Crippen molar-refractivity contribution in [2.45, 2.75) is 64.2 Å². The third-order valence-electron chi connectivity index (χ3n) is 6.85. The fraction of sp³-hybridized carbons (Fsp3) is 0.429. The number of hydrogen-bond donors (Lipinski definition) is 2. The fourth-order valence-corrected chi connectivity index (χ4v) is 4.68. The second kappa shape index (κ2) is 14.6. The summed E-state index contributed by atoms with van der Waals surface area (Å²) >= 11 is 0. The third kappa shape index (κ3) is 8.01. The zero-order chi connectivity index (χ0) is 28.2. The predicted molar refractivity (Wildman–Crippen MR) is 156 cm³/mol. The maximum absolute atomic E-state index is 11.0. The Hall–Kier alpha value is -4.48. The number of unbranched alkanes of at least 4 members (excludes halogenated alkanes) is 9. The Morgan fingerprint density at radius 3 is 1.30 bits per heavy atom. The highest BCUT2D eigenvalue weighted by Gasteiger charge is 2.11. The highest BCUT2D eigenvalue weighted by atomic mass is 16.6. The molecule has 4 aromatic rings. The molecule has 2 aromatic carbocycles. The van der Waals surface area contributed by atoms with Crippen molar-refractivity contribution in [2.24, 2.45) is 0 Å². The van der Waals surface area contributed by atoms with Gasteiger partial charge in [0.2, 0.25) is 0 Å². The molecule has 0 aliphatic rings. The lowest BCUT2D eigenvalue weighted by Gasteiger charge is -2.08. The smallest absolute Gasteiger partial charge is 0.271 e. The summed E-state index contributed by atoms with van der Waals surface area (Å²) in [5.74, 6) is 1.43. The van der Waals surface area contributed by atoms with Gasteiger partial charge < -0.3 is 10.6 Å². The van der Waals surface area contributed by atoms with Gasteiger partial charge in [-0.05, 0) is 25.0 Å². The van der Waals surface area contributed by atoms with Crippen LogP contribution >= 0.6 is 0 Å². The van der Waals surface area contributed by atoms with E-state index in [1.165, 1.54) is 75.4 Å². The average Bonchev–Trinajstić information content (AvgIpc) is 2.96. The van der Waals surface area contributed by atoms with Crippen LogP contribution in [0.1, 0.15) is 64.2 Å². The van der Waals surface area contributed by atoms with Crippen molar-refractivity contribution in [3.05, 3.63) is 69.3 Å². The number of nitro groups is 2. The first kappa shape index (κ1) is 28.5. The molecule has 0 spiro atoms. The van der Waals surface area contributed by atoms with Crippen molar-refractivity contribution >= 4 is 44.8 Å². The summed E-state index contributed by atoms with van der Waals surface area (Å²) in [4.78, 5) is 38.0. The number of nitrogens with one attached hydrogen (secondary N) is 2. The average molecular weight is 547 g/mol. The molecule has 4 rings (SSSR count). The Balaban J connectivity index is 1.01. The summed E-state index contributed by atoms with van der Waals surface area (Å²) in [6.45, 7) is 1.61.